The number of aromatic nitrogens is 2. The lowest BCUT2D eigenvalue weighted by Gasteiger charge is -1.98. The molecular formula is C13H6ClF2IN2. The summed E-state index contributed by atoms with van der Waals surface area (Å²) in [6.07, 6.45) is 1.21. The van der Waals surface area contributed by atoms with Crippen molar-refractivity contribution < 1.29 is 8.78 Å². The van der Waals surface area contributed by atoms with E-state index in [1.807, 2.05) is 22.6 Å². The maximum Gasteiger partial charge on any atom is 0.174 e. The minimum atomic E-state index is -0.682. The quantitative estimate of drug-likeness (QED) is 0.558. The van der Waals surface area contributed by atoms with Crippen molar-refractivity contribution in [2.45, 2.75) is 0 Å². The third kappa shape index (κ3) is 2.21. The lowest BCUT2D eigenvalue weighted by molar-refractivity contribution is 0.576. The predicted octanol–water partition coefficient (Wildman–Crippen LogP) is 4.54. The second-order valence-electron chi connectivity index (χ2n) is 3.96. The van der Waals surface area contributed by atoms with Gasteiger partial charge in [0.25, 0.3) is 0 Å². The van der Waals surface area contributed by atoms with Gasteiger partial charge in [-0.05, 0) is 34.7 Å². The Morgan fingerprint density at radius 3 is 2.53 bits per heavy atom. The Hall–Kier alpha value is -1.21. The van der Waals surface area contributed by atoms with Crippen molar-refractivity contribution in [3.05, 3.63) is 56.9 Å². The molecule has 0 aliphatic rings. The molecular weight excluding hydrogens is 385 g/mol. The summed E-state index contributed by atoms with van der Waals surface area (Å²) in [5.74, 6) is -1.32. The Bertz CT molecular complexity index is 768. The molecule has 2 heterocycles. The van der Waals surface area contributed by atoms with E-state index in [9.17, 15) is 8.78 Å². The van der Waals surface area contributed by atoms with Crippen molar-refractivity contribution in [1.29, 1.82) is 0 Å². The third-order valence-electron chi connectivity index (χ3n) is 2.70. The molecule has 0 bridgehead atoms. The van der Waals surface area contributed by atoms with Crippen molar-refractivity contribution in [2.75, 3.05) is 0 Å². The summed E-state index contributed by atoms with van der Waals surface area (Å²) in [6.45, 7) is 0. The van der Waals surface area contributed by atoms with E-state index in [2.05, 4.69) is 4.98 Å². The highest BCUT2D eigenvalue weighted by molar-refractivity contribution is 14.1. The summed E-state index contributed by atoms with van der Waals surface area (Å²) >= 11 is 7.84. The van der Waals surface area contributed by atoms with Gasteiger partial charge in [0, 0.05) is 22.8 Å². The van der Waals surface area contributed by atoms with Gasteiger partial charge in [-0.3, -0.25) is 4.40 Å². The van der Waals surface area contributed by atoms with E-state index in [1.54, 1.807) is 24.3 Å². The van der Waals surface area contributed by atoms with Gasteiger partial charge in [-0.25, -0.2) is 13.8 Å². The molecule has 0 fully saturated rings. The van der Waals surface area contributed by atoms with Crippen LogP contribution in [-0.4, -0.2) is 9.38 Å². The van der Waals surface area contributed by atoms with E-state index in [0.717, 1.165) is 11.6 Å². The molecule has 1 aromatic carbocycles. The highest BCUT2D eigenvalue weighted by Crippen LogP contribution is 2.28. The molecule has 0 saturated carbocycles. The zero-order valence-electron chi connectivity index (χ0n) is 9.37. The van der Waals surface area contributed by atoms with E-state index < -0.39 is 11.6 Å². The molecule has 0 radical (unpaired) electrons. The molecule has 2 aromatic heterocycles. The fraction of sp³-hybridized carbons (Fsp3) is 0. The van der Waals surface area contributed by atoms with Crippen LogP contribution >= 0.6 is 34.2 Å². The maximum absolute atomic E-state index is 13.7. The number of fused-ring (bicyclic) bond motifs is 1. The smallest absolute Gasteiger partial charge is 0.174 e. The molecule has 3 aromatic rings. The molecule has 0 atom stereocenters. The van der Waals surface area contributed by atoms with Crippen LogP contribution in [0.15, 0.2) is 36.5 Å². The second-order valence-corrected chi connectivity index (χ2v) is 5.42. The van der Waals surface area contributed by atoms with Gasteiger partial charge in [0.1, 0.15) is 15.2 Å². The Kier molecular flexibility index (Phi) is 3.18. The molecule has 0 unspecified atom stereocenters. The van der Waals surface area contributed by atoms with Gasteiger partial charge < -0.3 is 0 Å². The maximum atomic E-state index is 13.7. The van der Waals surface area contributed by atoms with Crippen molar-refractivity contribution in [2.24, 2.45) is 0 Å². The van der Waals surface area contributed by atoms with Crippen LogP contribution in [0.25, 0.3) is 16.9 Å². The van der Waals surface area contributed by atoms with Crippen LogP contribution in [0, 0.1) is 15.3 Å². The van der Waals surface area contributed by atoms with Gasteiger partial charge >= 0.3 is 0 Å². The van der Waals surface area contributed by atoms with Crippen LogP contribution in [0.3, 0.4) is 0 Å². The minimum absolute atomic E-state index is 0.107. The summed E-state index contributed by atoms with van der Waals surface area (Å²) in [7, 11) is 0. The molecule has 3 rings (SSSR count). The fourth-order valence-electron chi connectivity index (χ4n) is 1.84. The highest BCUT2D eigenvalue weighted by atomic mass is 127. The molecule has 0 saturated heterocycles. The number of nitrogens with zero attached hydrogens (tertiary/aromatic N) is 2. The number of hydrogen-bond acceptors (Lipinski definition) is 1. The predicted molar refractivity (Wildman–Crippen MR) is 78.3 cm³/mol. The van der Waals surface area contributed by atoms with Crippen LogP contribution in [0.1, 0.15) is 0 Å². The molecule has 19 heavy (non-hydrogen) atoms. The summed E-state index contributed by atoms with van der Waals surface area (Å²) < 4.78 is 28.9. The van der Waals surface area contributed by atoms with E-state index in [0.29, 0.717) is 14.4 Å². The standard InChI is InChI=1S/C13H6ClF2IN2/c14-8-3-1-7(2-4-8)11-12(17)19-6-9(15)5-10(16)13(19)18-11/h1-6H. The average Bonchev–Trinajstić information content (AvgIpc) is 2.69. The van der Waals surface area contributed by atoms with Gasteiger partial charge in [0.05, 0.1) is 0 Å². The molecule has 0 N–H and O–H groups in total. The number of rotatable bonds is 1. The van der Waals surface area contributed by atoms with Crippen molar-refractivity contribution in [3.63, 3.8) is 0 Å². The highest BCUT2D eigenvalue weighted by Gasteiger charge is 2.15. The summed E-state index contributed by atoms with van der Waals surface area (Å²) in [6, 6.07) is 7.87. The summed E-state index contributed by atoms with van der Waals surface area (Å²) in [5, 5.41) is 0.611. The summed E-state index contributed by atoms with van der Waals surface area (Å²) in [5.41, 5.74) is 1.51. The zero-order valence-corrected chi connectivity index (χ0v) is 12.3. The van der Waals surface area contributed by atoms with Crippen LogP contribution in [0.4, 0.5) is 8.78 Å². The SMILES string of the molecule is Fc1cc(F)c2nc(-c3ccc(Cl)cc3)c(I)n2c1. The van der Waals surface area contributed by atoms with Gasteiger partial charge in [-0.1, -0.05) is 23.7 Å². The minimum Gasteiger partial charge on any atom is -0.289 e. The molecule has 2 nitrogen and oxygen atoms in total. The molecule has 0 spiro atoms. The van der Waals surface area contributed by atoms with E-state index in [1.165, 1.54) is 10.6 Å². The first kappa shape index (κ1) is 12.8. The first-order valence-electron chi connectivity index (χ1n) is 5.35. The Labute approximate surface area is 126 Å². The van der Waals surface area contributed by atoms with Crippen LogP contribution in [-0.2, 0) is 0 Å². The lowest BCUT2D eigenvalue weighted by atomic mass is 10.2. The third-order valence-corrected chi connectivity index (χ3v) is 3.98. The van der Waals surface area contributed by atoms with E-state index >= 15 is 0 Å². The van der Waals surface area contributed by atoms with Gasteiger partial charge in [-0.2, -0.15) is 0 Å². The number of benzene rings is 1. The second kappa shape index (κ2) is 4.72. The number of imidazole rings is 1. The van der Waals surface area contributed by atoms with Crippen molar-refractivity contribution >= 4 is 39.8 Å². The van der Waals surface area contributed by atoms with Gasteiger partial charge in [-0.15, -0.1) is 0 Å². The Balaban J connectivity index is 2.28. The molecule has 0 aliphatic carbocycles. The monoisotopic (exact) mass is 390 g/mol. The van der Waals surface area contributed by atoms with Crippen LogP contribution in [0.2, 0.25) is 5.02 Å². The Morgan fingerprint density at radius 1 is 1.16 bits per heavy atom. The van der Waals surface area contributed by atoms with Crippen LogP contribution < -0.4 is 0 Å². The van der Waals surface area contributed by atoms with E-state index in [4.69, 9.17) is 11.6 Å². The van der Waals surface area contributed by atoms with Gasteiger partial charge in [0.2, 0.25) is 0 Å². The number of pyridine rings is 1. The lowest BCUT2D eigenvalue weighted by Crippen LogP contribution is -1.92. The zero-order chi connectivity index (χ0) is 13.6. The number of halogens is 4. The average molecular weight is 391 g/mol. The van der Waals surface area contributed by atoms with E-state index in [-0.39, 0.29) is 5.65 Å². The molecule has 0 aliphatic heterocycles. The number of hydrogen-bond donors (Lipinski definition) is 0. The van der Waals surface area contributed by atoms with Crippen LogP contribution in [0.5, 0.6) is 0 Å². The molecule has 0 amide bonds. The molecule has 96 valence electrons. The Morgan fingerprint density at radius 2 is 1.84 bits per heavy atom. The normalized spacial score (nSPS) is 11.2. The van der Waals surface area contributed by atoms with Gasteiger partial charge in [0.15, 0.2) is 11.5 Å². The van der Waals surface area contributed by atoms with Crippen molar-refractivity contribution in [3.8, 4) is 11.3 Å². The fourth-order valence-corrected chi connectivity index (χ4v) is 2.76. The first-order valence-corrected chi connectivity index (χ1v) is 6.80. The van der Waals surface area contributed by atoms with Crippen molar-refractivity contribution in [1.82, 2.24) is 9.38 Å². The topological polar surface area (TPSA) is 17.3 Å². The molecule has 6 heteroatoms. The first-order chi connectivity index (χ1) is 9.06. The summed E-state index contributed by atoms with van der Waals surface area (Å²) in [4.78, 5) is 4.22. The largest absolute Gasteiger partial charge is 0.289 e.